The Morgan fingerprint density at radius 2 is 1.59 bits per heavy atom. The largest absolute Gasteiger partial charge is 0.452 e. The number of carbonyl (C=O) groups is 2. The third-order valence-corrected chi connectivity index (χ3v) is 6.48. The van der Waals surface area contributed by atoms with Crippen LogP contribution in [0.4, 0.5) is 11.4 Å². The molecule has 0 aliphatic carbocycles. The lowest BCUT2D eigenvalue weighted by Gasteiger charge is -2.25. The molecule has 0 bridgehead atoms. The molecule has 29 heavy (non-hydrogen) atoms. The molecule has 154 valence electrons. The van der Waals surface area contributed by atoms with Gasteiger partial charge in [-0.2, -0.15) is 4.31 Å². The van der Waals surface area contributed by atoms with Gasteiger partial charge in [0, 0.05) is 24.5 Å². The average Bonchev–Trinajstić information content (AvgIpc) is 2.73. The second kappa shape index (κ2) is 9.06. The van der Waals surface area contributed by atoms with Crippen molar-refractivity contribution in [2.45, 2.75) is 24.2 Å². The zero-order valence-corrected chi connectivity index (χ0v) is 16.7. The van der Waals surface area contributed by atoms with E-state index < -0.39 is 28.5 Å². The quantitative estimate of drug-likeness (QED) is 0.550. The van der Waals surface area contributed by atoms with Gasteiger partial charge in [0.15, 0.2) is 6.61 Å². The Morgan fingerprint density at radius 3 is 2.21 bits per heavy atom. The number of ether oxygens (including phenoxy) is 1. The average molecular weight is 417 g/mol. The summed E-state index contributed by atoms with van der Waals surface area (Å²) in [5.41, 5.74) is 6.78. The van der Waals surface area contributed by atoms with E-state index in [0.717, 1.165) is 19.3 Å². The Bertz CT molecular complexity index is 966. The van der Waals surface area contributed by atoms with Gasteiger partial charge < -0.3 is 15.8 Å². The van der Waals surface area contributed by atoms with Gasteiger partial charge in [-0.15, -0.1) is 0 Å². The molecule has 8 nitrogen and oxygen atoms in total. The molecule has 2 aromatic rings. The van der Waals surface area contributed by atoms with Crippen LogP contribution in [0.1, 0.15) is 29.6 Å². The number of carbonyl (C=O) groups excluding carboxylic acids is 2. The normalized spacial score (nSPS) is 14.9. The van der Waals surface area contributed by atoms with Crippen molar-refractivity contribution in [3.05, 3.63) is 54.1 Å². The van der Waals surface area contributed by atoms with Crippen LogP contribution in [0.15, 0.2) is 53.4 Å². The van der Waals surface area contributed by atoms with Gasteiger partial charge in [-0.1, -0.05) is 6.42 Å². The van der Waals surface area contributed by atoms with Gasteiger partial charge in [0.2, 0.25) is 10.0 Å². The van der Waals surface area contributed by atoms with Crippen LogP contribution in [0.2, 0.25) is 0 Å². The first-order valence-corrected chi connectivity index (χ1v) is 10.7. The van der Waals surface area contributed by atoms with E-state index in [1.165, 1.54) is 40.7 Å². The summed E-state index contributed by atoms with van der Waals surface area (Å²) in [4.78, 5) is 24.1. The SMILES string of the molecule is Nc1ccc(C(=O)OCC(=O)Nc2ccc(S(=O)(=O)N3CCCCC3)cc2)cc1. The highest BCUT2D eigenvalue weighted by Crippen LogP contribution is 2.22. The van der Waals surface area contributed by atoms with Crippen LogP contribution < -0.4 is 11.1 Å². The molecule has 1 heterocycles. The molecule has 9 heteroatoms. The van der Waals surface area contributed by atoms with Gasteiger partial charge in [-0.3, -0.25) is 4.79 Å². The number of amides is 1. The van der Waals surface area contributed by atoms with E-state index in [4.69, 9.17) is 10.5 Å². The Labute approximate surface area is 169 Å². The Morgan fingerprint density at radius 1 is 0.966 bits per heavy atom. The number of esters is 1. The minimum Gasteiger partial charge on any atom is -0.452 e. The molecule has 1 aliphatic heterocycles. The summed E-state index contributed by atoms with van der Waals surface area (Å²) in [6.45, 7) is 0.595. The molecule has 1 aliphatic rings. The van der Waals surface area contributed by atoms with Crippen molar-refractivity contribution in [2.75, 3.05) is 30.7 Å². The molecule has 0 radical (unpaired) electrons. The second-order valence-corrected chi connectivity index (χ2v) is 8.67. The van der Waals surface area contributed by atoms with Crippen LogP contribution in [-0.2, 0) is 19.6 Å². The first kappa shape index (κ1) is 20.8. The number of nitrogens with zero attached hydrogens (tertiary/aromatic N) is 1. The molecule has 1 amide bonds. The molecule has 3 N–H and O–H groups in total. The summed E-state index contributed by atoms with van der Waals surface area (Å²) >= 11 is 0. The molecule has 0 unspecified atom stereocenters. The lowest BCUT2D eigenvalue weighted by atomic mass is 10.2. The van der Waals surface area contributed by atoms with Crippen molar-refractivity contribution in [1.29, 1.82) is 0 Å². The number of piperidine rings is 1. The fourth-order valence-electron chi connectivity index (χ4n) is 3.00. The van der Waals surface area contributed by atoms with Crippen LogP contribution in [0.3, 0.4) is 0 Å². The van der Waals surface area contributed by atoms with E-state index in [9.17, 15) is 18.0 Å². The number of benzene rings is 2. The second-order valence-electron chi connectivity index (χ2n) is 6.74. The molecular weight excluding hydrogens is 394 g/mol. The monoisotopic (exact) mass is 417 g/mol. The van der Waals surface area contributed by atoms with E-state index in [0.29, 0.717) is 30.0 Å². The number of anilines is 2. The van der Waals surface area contributed by atoms with E-state index in [1.54, 1.807) is 12.1 Å². The smallest absolute Gasteiger partial charge is 0.338 e. The van der Waals surface area contributed by atoms with Gasteiger partial charge in [0.1, 0.15) is 0 Å². The Hall–Kier alpha value is -2.91. The van der Waals surface area contributed by atoms with Gasteiger partial charge in [-0.25, -0.2) is 13.2 Å². The molecule has 0 spiro atoms. The maximum Gasteiger partial charge on any atom is 0.338 e. The minimum atomic E-state index is -3.52. The molecule has 0 aromatic heterocycles. The molecule has 3 rings (SSSR count). The van der Waals surface area contributed by atoms with Crippen molar-refractivity contribution in [2.24, 2.45) is 0 Å². The summed E-state index contributed by atoms with van der Waals surface area (Å²) in [6, 6.07) is 12.1. The van der Waals surface area contributed by atoms with Crippen molar-refractivity contribution < 1.29 is 22.7 Å². The zero-order valence-electron chi connectivity index (χ0n) is 15.8. The maximum atomic E-state index is 12.6. The van der Waals surface area contributed by atoms with Crippen molar-refractivity contribution >= 4 is 33.3 Å². The lowest BCUT2D eigenvalue weighted by Crippen LogP contribution is -2.35. The topological polar surface area (TPSA) is 119 Å². The Kier molecular flexibility index (Phi) is 6.50. The highest BCUT2D eigenvalue weighted by atomic mass is 32.2. The maximum absolute atomic E-state index is 12.6. The number of nitrogen functional groups attached to an aromatic ring is 1. The van der Waals surface area contributed by atoms with E-state index in [2.05, 4.69) is 5.32 Å². The highest BCUT2D eigenvalue weighted by molar-refractivity contribution is 7.89. The standard InChI is InChI=1S/C20H23N3O5S/c21-16-6-4-15(5-7-16)20(25)28-14-19(24)22-17-8-10-18(11-9-17)29(26,27)23-12-2-1-3-13-23/h4-11H,1-3,12-14,21H2,(H,22,24). The molecule has 2 aromatic carbocycles. The fourth-order valence-corrected chi connectivity index (χ4v) is 4.51. The van der Waals surface area contributed by atoms with E-state index in [1.807, 2.05) is 0 Å². The van der Waals surface area contributed by atoms with Crippen LogP contribution in [0.25, 0.3) is 0 Å². The minimum absolute atomic E-state index is 0.187. The van der Waals surface area contributed by atoms with Gasteiger partial charge in [-0.05, 0) is 61.4 Å². The third kappa shape index (κ3) is 5.33. The number of hydrogen-bond acceptors (Lipinski definition) is 6. The van der Waals surface area contributed by atoms with E-state index >= 15 is 0 Å². The molecule has 0 atom stereocenters. The summed E-state index contributed by atoms with van der Waals surface area (Å²) in [6.07, 6.45) is 2.77. The Balaban J connectivity index is 1.54. The first-order chi connectivity index (χ1) is 13.9. The summed E-state index contributed by atoms with van der Waals surface area (Å²) in [5, 5.41) is 2.57. The van der Waals surface area contributed by atoms with Crippen LogP contribution >= 0.6 is 0 Å². The number of rotatable bonds is 6. The summed E-state index contributed by atoms with van der Waals surface area (Å²) in [5.74, 6) is -1.16. The highest BCUT2D eigenvalue weighted by Gasteiger charge is 2.25. The zero-order chi connectivity index (χ0) is 20.9. The number of sulfonamides is 1. The van der Waals surface area contributed by atoms with E-state index in [-0.39, 0.29) is 4.90 Å². The van der Waals surface area contributed by atoms with Gasteiger partial charge >= 0.3 is 5.97 Å². The number of hydrogen-bond donors (Lipinski definition) is 2. The molecule has 1 saturated heterocycles. The van der Waals surface area contributed by atoms with Crippen molar-refractivity contribution in [1.82, 2.24) is 4.31 Å². The summed E-state index contributed by atoms with van der Waals surface area (Å²) in [7, 11) is -3.52. The lowest BCUT2D eigenvalue weighted by molar-refractivity contribution is -0.119. The molecule has 0 saturated carbocycles. The molecule has 1 fully saturated rings. The number of nitrogens with one attached hydrogen (secondary N) is 1. The third-order valence-electron chi connectivity index (χ3n) is 4.57. The van der Waals surface area contributed by atoms with Crippen LogP contribution in [0.5, 0.6) is 0 Å². The fraction of sp³-hybridized carbons (Fsp3) is 0.300. The van der Waals surface area contributed by atoms with Gasteiger partial charge in [0.05, 0.1) is 10.5 Å². The first-order valence-electron chi connectivity index (χ1n) is 9.29. The predicted molar refractivity (Wildman–Crippen MR) is 109 cm³/mol. The molecular formula is C20H23N3O5S. The van der Waals surface area contributed by atoms with Crippen LogP contribution in [0, 0.1) is 0 Å². The van der Waals surface area contributed by atoms with Gasteiger partial charge in [0.25, 0.3) is 5.91 Å². The number of nitrogens with two attached hydrogens (primary N) is 1. The summed E-state index contributed by atoms with van der Waals surface area (Å²) < 4.78 is 31.7. The van der Waals surface area contributed by atoms with Crippen molar-refractivity contribution in [3.8, 4) is 0 Å². The van der Waals surface area contributed by atoms with Crippen LogP contribution in [-0.4, -0.2) is 44.3 Å². The predicted octanol–water partition coefficient (Wildman–Crippen LogP) is 2.24. The van der Waals surface area contributed by atoms with Crippen molar-refractivity contribution in [3.63, 3.8) is 0 Å².